The average Bonchev–Trinajstić information content (AvgIpc) is 2.55. The third kappa shape index (κ3) is 8.03. The predicted molar refractivity (Wildman–Crippen MR) is 106 cm³/mol. The number of carboxylic acids is 1. The number of hydrogen-bond donors (Lipinski definition) is 4. The van der Waals surface area contributed by atoms with Gasteiger partial charge in [0.05, 0.1) is 7.11 Å². The maximum Gasteiger partial charge on any atom is 0.300 e. The van der Waals surface area contributed by atoms with Gasteiger partial charge in [-0.15, -0.1) is 0 Å². The highest BCUT2D eigenvalue weighted by Gasteiger charge is 2.08. The molecule has 0 radical (unpaired) electrons. The first-order valence-corrected chi connectivity index (χ1v) is 8.51. The van der Waals surface area contributed by atoms with E-state index < -0.39 is 5.97 Å². The Bertz CT molecular complexity index is 722. The Morgan fingerprint density at radius 2 is 2.08 bits per heavy atom. The first-order chi connectivity index (χ1) is 11.8. The second kappa shape index (κ2) is 10.7. The van der Waals surface area contributed by atoms with Crippen molar-refractivity contribution < 1.29 is 14.6 Å². The van der Waals surface area contributed by atoms with Gasteiger partial charge in [0.2, 0.25) is 0 Å². The molecule has 0 fully saturated rings. The maximum atomic E-state index is 9.00. The second-order valence-electron chi connectivity index (χ2n) is 4.65. The van der Waals surface area contributed by atoms with E-state index in [0.29, 0.717) is 23.1 Å². The number of hydrogen-bond acceptors (Lipinski definition) is 4. The minimum absolute atomic E-state index is 0.144. The largest absolute Gasteiger partial charge is 0.496 e. The van der Waals surface area contributed by atoms with Crippen molar-refractivity contribution in [1.82, 2.24) is 10.3 Å². The average molecular weight is 477 g/mol. The molecule has 7 nitrogen and oxygen atoms in total. The molecule has 0 aliphatic rings. The molecule has 0 bridgehead atoms. The smallest absolute Gasteiger partial charge is 0.300 e. The zero-order valence-corrected chi connectivity index (χ0v) is 16.6. The summed E-state index contributed by atoms with van der Waals surface area (Å²) in [6.45, 7) is 1.47. The second-order valence-corrected chi connectivity index (χ2v) is 6.31. The summed E-state index contributed by atoms with van der Waals surface area (Å²) in [5.74, 6) is 0.611. The van der Waals surface area contributed by atoms with Crippen LogP contribution in [-0.4, -0.2) is 29.1 Å². The Morgan fingerprint density at radius 1 is 1.40 bits per heavy atom. The van der Waals surface area contributed by atoms with Crippen LogP contribution in [0.5, 0.6) is 5.75 Å². The van der Waals surface area contributed by atoms with E-state index in [1.54, 1.807) is 19.4 Å². The summed E-state index contributed by atoms with van der Waals surface area (Å²) in [6.07, 6.45) is 1.73. The van der Waals surface area contributed by atoms with Crippen LogP contribution < -0.4 is 15.4 Å². The lowest BCUT2D eigenvalue weighted by atomic mass is 10.2. The molecule has 9 heteroatoms. The van der Waals surface area contributed by atoms with Gasteiger partial charge in [0.15, 0.2) is 5.96 Å². The third-order valence-electron chi connectivity index (χ3n) is 2.72. The Kier molecular flexibility index (Phi) is 9.00. The number of carbonyl (C=O) groups is 1. The number of rotatable bonds is 4. The zero-order valence-electron chi connectivity index (χ0n) is 13.6. The third-order valence-corrected chi connectivity index (χ3v) is 3.71. The molecule has 0 saturated carbocycles. The van der Waals surface area contributed by atoms with E-state index in [4.69, 9.17) is 31.6 Å². The van der Waals surface area contributed by atoms with Crippen LogP contribution in [0, 0.1) is 8.98 Å². The van der Waals surface area contributed by atoms with Gasteiger partial charge in [0, 0.05) is 33.8 Å². The topological polar surface area (TPSA) is 107 Å². The summed E-state index contributed by atoms with van der Waals surface area (Å²) < 4.78 is 6.30. The number of methoxy groups -OCH3 is 1. The molecule has 0 aliphatic carbocycles. The minimum Gasteiger partial charge on any atom is -0.496 e. The molecule has 2 aromatic rings. The van der Waals surface area contributed by atoms with Gasteiger partial charge in [0.25, 0.3) is 5.97 Å². The van der Waals surface area contributed by atoms with Gasteiger partial charge < -0.3 is 20.5 Å². The summed E-state index contributed by atoms with van der Waals surface area (Å²) in [6, 6.07) is 9.18. The van der Waals surface area contributed by atoms with Crippen molar-refractivity contribution in [3.63, 3.8) is 0 Å². The molecule has 4 N–H and O–H groups in total. The van der Waals surface area contributed by atoms with Crippen LogP contribution in [0.3, 0.4) is 0 Å². The van der Waals surface area contributed by atoms with Gasteiger partial charge in [0.1, 0.15) is 11.6 Å². The Morgan fingerprint density at radius 3 is 2.64 bits per heavy atom. The summed E-state index contributed by atoms with van der Waals surface area (Å²) >= 11 is 8.32. The molecular formula is C16H18ClIN4O3. The highest BCUT2D eigenvalue weighted by Crippen LogP contribution is 2.25. The number of anilines is 1. The van der Waals surface area contributed by atoms with Crippen LogP contribution >= 0.6 is 34.2 Å². The molecule has 0 saturated heterocycles. The van der Waals surface area contributed by atoms with E-state index in [2.05, 4.69) is 38.2 Å². The monoisotopic (exact) mass is 476 g/mol. The SMILES string of the molecule is CC(=O)O.COc1cccc(Cl)c1CNC(=N)Nc1ccc(I)cn1. The van der Waals surface area contributed by atoms with Crippen LogP contribution in [0.4, 0.5) is 5.82 Å². The Balaban J connectivity index is 0.000000705. The van der Waals surface area contributed by atoms with Crippen LogP contribution in [0.1, 0.15) is 12.5 Å². The van der Waals surface area contributed by atoms with Crippen molar-refractivity contribution in [2.24, 2.45) is 0 Å². The van der Waals surface area contributed by atoms with E-state index in [1.165, 1.54) is 0 Å². The lowest BCUT2D eigenvalue weighted by Crippen LogP contribution is -2.29. The summed E-state index contributed by atoms with van der Waals surface area (Å²) in [5, 5.41) is 21.7. The standard InChI is InChI=1S/C14H14ClIN4O.C2H4O2/c1-21-12-4-2-3-11(15)10(12)8-19-14(17)20-13-6-5-9(16)7-18-13;1-2(3)4/h2-7H,8H2,1H3,(H3,17,18,19,20);1H3,(H,3,4). The fourth-order valence-corrected chi connectivity index (χ4v) is 2.25. The lowest BCUT2D eigenvalue weighted by Gasteiger charge is -2.13. The molecule has 2 rings (SSSR count). The maximum absolute atomic E-state index is 9.00. The summed E-state index contributed by atoms with van der Waals surface area (Å²) in [7, 11) is 1.59. The number of nitrogens with one attached hydrogen (secondary N) is 3. The molecule has 0 spiro atoms. The molecule has 1 heterocycles. The number of nitrogens with zero attached hydrogens (tertiary/aromatic N) is 1. The first-order valence-electron chi connectivity index (χ1n) is 7.05. The molecule has 0 unspecified atom stereocenters. The van der Waals surface area contributed by atoms with Gasteiger partial charge >= 0.3 is 0 Å². The van der Waals surface area contributed by atoms with Crippen LogP contribution in [0.2, 0.25) is 5.02 Å². The van der Waals surface area contributed by atoms with Crippen LogP contribution in [0.25, 0.3) is 0 Å². The number of guanidine groups is 1. The highest BCUT2D eigenvalue weighted by molar-refractivity contribution is 14.1. The van der Waals surface area contributed by atoms with E-state index in [1.807, 2.05) is 24.3 Å². The molecule has 0 atom stereocenters. The van der Waals surface area contributed by atoms with Crippen molar-refractivity contribution in [3.8, 4) is 5.75 Å². The number of aliphatic carboxylic acids is 1. The van der Waals surface area contributed by atoms with Crippen molar-refractivity contribution in [2.45, 2.75) is 13.5 Å². The van der Waals surface area contributed by atoms with Crippen molar-refractivity contribution in [1.29, 1.82) is 5.41 Å². The number of halogens is 2. The Labute approximate surface area is 164 Å². The minimum atomic E-state index is -0.833. The zero-order chi connectivity index (χ0) is 18.8. The molecular weight excluding hydrogens is 459 g/mol. The van der Waals surface area contributed by atoms with Gasteiger partial charge in [-0.25, -0.2) is 4.98 Å². The molecule has 134 valence electrons. The summed E-state index contributed by atoms with van der Waals surface area (Å²) in [5.41, 5.74) is 0.809. The van der Waals surface area contributed by atoms with E-state index in [9.17, 15) is 0 Å². The fraction of sp³-hybridized carbons (Fsp3) is 0.188. The number of aromatic nitrogens is 1. The number of pyridine rings is 1. The quantitative estimate of drug-likeness (QED) is 0.305. The normalized spacial score (nSPS) is 9.44. The van der Waals surface area contributed by atoms with Crippen molar-refractivity contribution in [3.05, 3.63) is 50.7 Å². The van der Waals surface area contributed by atoms with Crippen molar-refractivity contribution >= 4 is 51.9 Å². The van der Waals surface area contributed by atoms with Gasteiger partial charge in [-0.3, -0.25) is 10.2 Å². The van der Waals surface area contributed by atoms with E-state index >= 15 is 0 Å². The molecule has 1 aromatic carbocycles. The van der Waals surface area contributed by atoms with E-state index in [-0.39, 0.29) is 5.96 Å². The van der Waals surface area contributed by atoms with Gasteiger partial charge in [-0.2, -0.15) is 0 Å². The fourth-order valence-electron chi connectivity index (χ4n) is 1.70. The molecule has 1 aromatic heterocycles. The van der Waals surface area contributed by atoms with Crippen molar-refractivity contribution in [2.75, 3.05) is 12.4 Å². The van der Waals surface area contributed by atoms with Gasteiger partial charge in [-0.05, 0) is 46.9 Å². The number of carboxylic acid groups (broad SMARTS) is 1. The first kappa shape index (κ1) is 21.0. The Hall–Kier alpha value is -2.07. The molecule has 0 amide bonds. The highest BCUT2D eigenvalue weighted by atomic mass is 127. The van der Waals surface area contributed by atoms with Crippen LogP contribution in [-0.2, 0) is 11.3 Å². The predicted octanol–water partition coefficient (Wildman–Crippen LogP) is 3.58. The van der Waals surface area contributed by atoms with Gasteiger partial charge in [-0.1, -0.05) is 17.7 Å². The van der Waals surface area contributed by atoms with Crippen LogP contribution in [0.15, 0.2) is 36.5 Å². The summed E-state index contributed by atoms with van der Waals surface area (Å²) in [4.78, 5) is 13.2. The number of ether oxygens (including phenoxy) is 1. The number of benzene rings is 1. The molecule has 0 aliphatic heterocycles. The van der Waals surface area contributed by atoms with E-state index in [0.717, 1.165) is 16.1 Å². The lowest BCUT2D eigenvalue weighted by molar-refractivity contribution is -0.134. The molecule has 25 heavy (non-hydrogen) atoms.